The maximum Gasteiger partial charge on any atom is 0.204 e. The number of phenolic OH excluding ortho intramolecular Hbond substituents is 1. The van der Waals surface area contributed by atoms with Crippen molar-refractivity contribution in [2.24, 2.45) is 5.18 Å². The molecular weight excluding hydrogens is 254 g/mol. The van der Waals surface area contributed by atoms with Crippen LogP contribution in [0.4, 0.5) is 5.69 Å². The molecule has 0 fully saturated rings. The van der Waals surface area contributed by atoms with Crippen LogP contribution in [0.2, 0.25) is 0 Å². The number of nitrogens with zero attached hydrogens (tertiary/aromatic N) is 4. The maximum atomic E-state index is 10.6. The van der Waals surface area contributed by atoms with Crippen LogP contribution in [-0.2, 0) is 0 Å². The van der Waals surface area contributed by atoms with Gasteiger partial charge in [-0.25, -0.2) is 0 Å². The topological polar surface area (TPSA) is 134 Å². The zero-order valence-corrected chi connectivity index (χ0v) is 10.4. The van der Waals surface area contributed by atoms with Gasteiger partial charge in [0.05, 0.1) is 6.61 Å². The molecule has 2 rings (SSSR count). The van der Waals surface area contributed by atoms with Crippen LogP contribution in [0.15, 0.2) is 17.3 Å². The first-order valence-electron chi connectivity index (χ1n) is 5.28. The number of benzene rings is 1. The molecule has 3 N–H and O–H groups in total. The molecule has 0 saturated carbocycles. The number of nitrogens with one attached hydrogen (secondary N) is 1. The third kappa shape index (κ3) is 3.22. The first-order valence-corrected chi connectivity index (χ1v) is 5.28. The van der Waals surface area contributed by atoms with Crippen molar-refractivity contribution in [2.75, 3.05) is 13.7 Å². The van der Waals surface area contributed by atoms with Crippen LogP contribution in [-0.4, -0.2) is 44.6 Å². The molecule has 102 valence electrons. The van der Waals surface area contributed by atoms with Crippen molar-refractivity contribution in [2.45, 2.75) is 6.92 Å². The number of hydrogen-bond donors (Lipinski definition) is 3. The number of aromatic hydroxyl groups is 1. The smallest absolute Gasteiger partial charge is 0.204 e. The van der Waals surface area contributed by atoms with Gasteiger partial charge in [0.1, 0.15) is 0 Å². The van der Waals surface area contributed by atoms with Gasteiger partial charge < -0.3 is 14.9 Å². The van der Waals surface area contributed by atoms with E-state index >= 15 is 0 Å². The highest BCUT2D eigenvalue weighted by molar-refractivity contribution is 5.70. The van der Waals surface area contributed by atoms with Crippen molar-refractivity contribution in [3.05, 3.63) is 17.0 Å². The molecule has 0 spiro atoms. The van der Waals surface area contributed by atoms with Crippen molar-refractivity contribution < 1.29 is 14.9 Å². The van der Waals surface area contributed by atoms with E-state index in [0.29, 0.717) is 12.2 Å². The molecule has 1 heterocycles. The highest BCUT2D eigenvalue weighted by Crippen LogP contribution is 2.39. The molecule has 1 aromatic heterocycles. The van der Waals surface area contributed by atoms with E-state index in [2.05, 4.69) is 25.8 Å². The van der Waals surface area contributed by atoms with Crippen LogP contribution in [0.25, 0.3) is 11.4 Å². The largest absolute Gasteiger partial charge is 0.503 e. The Kier molecular flexibility index (Phi) is 5.35. The van der Waals surface area contributed by atoms with E-state index in [9.17, 15) is 10.0 Å². The highest BCUT2D eigenvalue weighted by Gasteiger charge is 2.14. The van der Waals surface area contributed by atoms with Crippen LogP contribution in [0.3, 0.4) is 0 Å². The number of aliphatic hydroxyl groups is 1. The number of nitroso groups, excluding NO2 is 1. The first-order chi connectivity index (χ1) is 9.26. The van der Waals surface area contributed by atoms with Gasteiger partial charge in [-0.2, -0.15) is 5.21 Å². The van der Waals surface area contributed by atoms with E-state index in [1.165, 1.54) is 12.1 Å². The van der Waals surface area contributed by atoms with Crippen LogP contribution in [0.5, 0.6) is 11.5 Å². The lowest BCUT2D eigenvalue weighted by Gasteiger charge is -2.07. The number of H-pyrrole nitrogens is 1. The Morgan fingerprint density at radius 2 is 2.16 bits per heavy atom. The zero-order chi connectivity index (χ0) is 14.3. The first kappa shape index (κ1) is 14.5. The lowest BCUT2D eigenvalue weighted by Crippen LogP contribution is -1.93. The summed E-state index contributed by atoms with van der Waals surface area (Å²) >= 11 is 0. The molecule has 0 saturated heterocycles. The Balaban J connectivity index is 0.000000861. The van der Waals surface area contributed by atoms with E-state index in [1.54, 1.807) is 6.92 Å². The van der Waals surface area contributed by atoms with Gasteiger partial charge in [-0.05, 0) is 29.4 Å². The summed E-state index contributed by atoms with van der Waals surface area (Å²) in [5, 5.41) is 32.6. The van der Waals surface area contributed by atoms with Gasteiger partial charge >= 0.3 is 0 Å². The van der Waals surface area contributed by atoms with E-state index in [1.807, 2.05) is 0 Å². The molecule has 0 amide bonds. The molecule has 0 bridgehead atoms. The van der Waals surface area contributed by atoms with Crippen LogP contribution >= 0.6 is 0 Å². The minimum absolute atomic E-state index is 0.129. The van der Waals surface area contributed by atoms with Crippen LogP contribution in [0, 0.1) is 4.91 Å². The average Bonchev–Trinajstić information content (AvgIpc) is 2.97. The molecule has 1 aromatic carbocycles. The average molecular weight is 267 g/mol. The van der Waals surface area contributed by atoms with Gasteiger partial charge in [0, 0.05) is 12.7 Å². The number of ether oxygens (including phenoxy) is 1. The van der Waals surface area contributed by atoms with Gasteiger partial charge in [0.2, 0.25) is 5.82 Å². The van der Waals surface area contributed by atoms with Gasteiger partial charge in [0.25, 0.3) is 0 Å². The Hall–Kier alpha value is -2.55. The monoisotopic (exact) mass is 267 g/mol. The fourth-order valence-electron chi connectivity index (χ4n) is 1.34. The van der Waals surface area contributed by atoms with E-state index in [0.717, 1.165) is 7.11 Å². The molecule has 0 atom stereocenters. The van der Waals surface area contributed by atoms with Crippen molar-refractivity contribution >= 4 is 5.69 Å². The van der Waals surface area contributed by atoms with Crippen molar-refractivity contribution in [3.8, 4) is 22.9 Å². The number of aromatic amines is 1. The third-order valence-electron chi connectivity index (χ3n) is 2.06. The number of hydrogen-bond acceptors (Lipinski definition) is 8. The Labute approximate surface area is 108 Å². The van der Waals surface area contributed by atoms with Gasteiger partial charge in [-0.1, -0.05) is 0 Å². The van der Waals surface area contributed by atoms with Crippen LogP contribution in [0.1, 0.15) is 6.92 Å². The minimum Gasteiger partial charge on any atom is -0.503 e. The zero-order valence-electron chi connectivity index (χ0n) is 10.4. The van der Waals surface area contributed by atoms with Crippen molar-refractivity contribution in [1.29, 1.82) is 0 Å². The number of rotatable bonds is 4. The number of aliphatic hydroxyl groups excluding tert-OH is 1. The fourth-order valence-corrected chi connectivity index (χ4v) is 1.34. The molecule has 2 aromatic rings. The second kappa shape index (κ2) is 7.01. The summed E-state index contributed by atoms with van der Waals surface area (Å²) in [7, 11) is 1.00. The van der Waals surface area contributed by atoms with E-state index in [4.69, 9.17) is 9.84 Å². The number of phenols is 1. The Morgan fingerprint density at radius 3 is 2.68 bits per heavy atom. The van der Waals surface area contributed by atoms with Crippen LogP contribution < -0.4 is 4.74 Å². The minimum atomic E-state index is -0.297. The summed E-state index contributed by atoms with van der Waals surface area (Å²) in [6, 6.07) is 2.87. The molecule has 0 aliphatic rings. The quantitative estimate of drug-likeness (QED) is 0.703. The third-order valence-corrected chi connectivity index (χ3v) is 2.06. The lowest BCUT2D eigenvalue weighted by molar-refractivity contribution is 0.319. The predicted octanol–water partition coefficient (Wildman–Crippen LogP) is 0.977. The summed E-state index contributed by atoms with van der Waals surface area (Å²) < 4.78 is 5.18. The molecule has 0 aliphatic heterocycles. The summed E-state index contributed by atoms with van der Waals surface area (Å²) in [6.45, 7) is 2.11. The van der Waals surface area contributed by atoms with Crippen molar-refractivity contribution in [3.63, 3.8) is 0 Å². The summed E-state index contributed by atoms with van der Waals surface area (Å²) in [5.74, 6) is 0.148. The normalized spacial score (nSPS) is 9.42. The Morgan fingerprint density at radius 1 is 1.42 bits per heavy atom. The number of aromatic nitrogens is 4. The second-order valence-electron chi connectivity index (χ2n) is 3.10. The van der Waals surface area contributed by atoms with E-state index < -0.39 is 0 Å². The molecular formula is C10H13N5O4. The molecule has 0 radical (unpaired) electrons. The Bertz CT molecular complexity index is 529. The van der Waals surface area contributed by atoms with E-state index in [-0.39, 0.29) is 23.0 Å². The highest BCUT2D eigenvalue weighted by atomic mass is 16.5. The molecule has 0 unspecified atom stereocenters. The summed E-state index contributed by atoms with van der Waals surface area (Å²) in [5.41, 5.74) is 0.352. The maximum absolute atomic E-state index is 10.6. The molecule has 9 nitrogen and oxygen atoms in total. The van der Waals surface area contributed by atoms with Gasteiger partial charge in [-0.15, -0.1) is 15.1 Å². The van der Waals surface area contributed by atoms with Gasteiger partial charge in [-0.3, -0.25) is 0 Å². The molecule has 19 heavy (non-hydrogen) atoms. The predicted molar refractivity (Wildman–Crippen MR) is 66.0 cm³/mol. The molecule has 0 aliphatic carbocycles. The number of tetrazole rings is 1. The summed E-state index contributed by atoms with van der Waals surface area (Å²) in [4.78, 5) is 10.6. The molecule has 9 heteroatoms. The SMILES string of the molecule is CCOc1cc(-c2nn[nH]n2)cc(N=O)c1O.CO. The second-order valence-corrected chi connectivity index (χ2v) is 3.10. The fraction of sp³-hybridized carbons (Fsp3) is 0.300. The standard InChI is InChI=1S/C9H9N5O3.CH4O/c1-2-17-7-4-5(9-10-13-14-11-9)3-6(12-16)8(7)15;1-2/h3-4,15H,2H2,1H3,(H,10,11,13,14);2H,1H3. The summed E-state index contributed by atoms with van der Waals surface area (Å²) in [6.07, 6.45) is 0. The lowest BCUT2D eigenvalue weighted by atomic mass is 10.1. The van der Waals surface area contributed by atoms with Crippen molar-refractivity contribution in [1.82, 2.24) is 20.6 Å². The van der Waals surface area contributed by atoms with Gasteiger partial charge in [0.15, 0.2) is 17.2 Å².